The second kappa shape index (κ2) is 7.52. The van der Waals surface area contributed by atoms with Crippen LogP contribution in [0.2, 0.25) is 10.0 Å². The average Bonchev–Trinajstić information content (AvgIpc) is 3.05. The fraction of sp³-hybridized carbons (Fsp3) is 0.278. The first-order valence-electron chi connectivity index (χ1n) is 7.91. The molecule has 2 aromatic carbocycles. The molecule has 3 rings (SSSR count). The van der Waals surface area contributed by atoms with E-state index >= 15 is 0 Å². The molecule has 7 heteroatoms. The van der Waals surface area contributed by atoms with E-state index in [1.54, 1.807) is 24.3 Å². The zero-order valence-electron chi connectivity index (χ0n) is 13.9. The van der Waals surface area contributed by atoms with Crippen molar-refractivity contribution in [3.8, 4) is 11.5 Å². The summed E-state index contributed by atoms with van der Waals surface area (Å²) in [4.78, 5) is 13.6. The van der Waals surface area contributed by atoms with Crippen LogP contribution >= 0.6 is 23.2 Å². The Kier molecular flexibility index (Phi) is 5.37. The zero-order valence-corrected chi connectivity index (χ0v) is 15.4. The van der Waals surface area contributed by atoms with Gasteiger partial charge in [0.05, 0.1) is 17.1 Å². The molecule has 1 aliphatic heterocycles. The van der Waals surface area contributed by atoms with Crippen LogP contribution in [-0.4, -0.2) is 25.8 Å². The molecule has 0 radical (unpaired) electrons. The van der Waals surface area contributed by atoms with Crippen LogP contribution in [0.5, 0.6) is 11.5 Å². The first-order chi connectivity index (χ1) is 11.9. The summed E-state index contributed by atoms with van der Waals surface area (Å²) in [5, 5.41) is 3.96. The van der Waals surface area contributed by atoms with Crippen LogP contribution in [0.4, 0.5) is 5.69 Å². The number of likely N-dealkylation sites (N-methyl/N-ethyl adjacent to an activating group) is 1. The SMILES string of the molecule is C[C@@H](C(=O)Nc1ccc2c(c1)OCO2)[NH+](C)Cc1ccc(Cl)c(Cl)c1. The lowest BCUT2D eigenvalue weighted by atomic mass is 10.2. The molecule has 25 heavy (non-hydrogen) atoms. The first kappa shape index (κ1) is 17.9. The Hall–Kier alpha value is -1.95. The number of fused-ring (bicyclic) bond motifs is 1. The number of halogens is 2. The van der Waals surface area contributed by atoms with E-state index in [0.717, 1.165) is 10.5 Å². The lowest BCUT2D eigenvalue weighted by molar-refractivity contribution is -0.907. The molecule has 1 heterocycles. The van der Waals surface area contributed by atoms with Crippen LogP contribution in [0.1, 0.15) is 12.5 Å². The molecule has 0 spiro atoms. The van der Waals surface area contributed by atoms with Crippen molar-refractivity contribution in [2.24, 2.45) is 0 Å². The van der Waals surface area contributed by atoms with Crippen LogP contribution in [-0.2, 0) is 11.3 Å². The molecular formula is C18H19Cl2N2O3+. The van der Waals surface area contributed by atoms with Gasteiger partial charge < -0.3 is 19.7 Å². The molecule has 0 aliphatic carbocycles. The van der Waals surface area contributed by atoms with E-state index in [4.69, 9.17) is 32.7 Å². The highest BCUT2D eigenvalue weighted by Crippen LogP contribution is 2.34. The molecule has 0 fully saturated rings. The van der Waals surface area contributed by atoms with E-state index in [2.05, 4.69) is 5.32 Å². The van der Waals surface area contributed by atoms with Crippen molar-refractivity contribution in [3.63, 3.8) is 0 Å². The minimum atomic E-state index is -0.250. The summed E-state index contributed by atoms with van der Waals surface area (Å²) < 4.78 is 10.6. The Morgan fingerprint density at radius 3 is 2.68 bits per heavy atom. The number of ether oxygens (including phenoxy) is 2. The van der Waals surface area contributed by atoms with Crippen molar-refractivity contribution in [3.05, 3.63) is 52.0 Å². The van der Waals surface area contributed by atoms with Crippen LogP contribution in [0, 0.1) is 0 Å². The first-order valence-corrected chi connectivity index (χ1v) is 8.66. The number of carbonyl (C=O) groups excluding carboxylic acids is 1. The number of anilines is 1. The maximum absolute atomic E-state index is 12.5. The van der Waals surface area contributed by atoms with E-state index in [1.165, 1.54) is 0 Å². The lowest BCUT2D eigenvalue weighted by Crippen LogP contribution is -3.12. The Bertz CT molecular complexity index is 798. The number of hydrogen-bond acceptors (Lipinski definition) is 3. The maximum atomic E-state index is 12.5. The molecule has 0 aromatic heterocycles. The number of hydrogen-bond donors (Lipinski definition) is 2. The molecule has 2 aromatic rings. The smallest absolute Gasteiger partial charge is 0.282 e. The van der Waals surface area contributed by atoms with E-state index in [-0.39, 0.29) is 18.7 Å². The Morgan fingerprint density at radius 1 is 1.16 bits per heavy atom. The molecule has 1 aliphatic rings. The molecular weight excluding hydrogens is 363 g/mol. The summed E-state index contributed by atoms with van der Waals surface area (Å²) in [5.41, 5.74) is 1.71. The second-order valence-corrected chi connectivity index (χ2v) is 6.86. The van der Waals surface area contributed by atoms with E-state index in [0.29, 0.717) is 33.8 Å². The van der Waals surface area contributed by atoms with Gasteiger partial charge in [0.15, 0.2) is 17.5 Å². The van der Waals surface area contributed by atoms with Gasteiger partial charge in [-0.25, -0.2) is 0 Å². The quantitative estimate of drug-likeness (QED) is 0.836. The van der Waals surface area contributed by atoms with Crippen LogP contribution in [0.3, 0.4) is 0 Å². The molecule has 132 valence electrons. The normalized spacial score (nSPS) is 14.9. The Labute approximate surface area is 156 Å². The van der Waals surface area contributed by atoms with Gasteiger partial charge in [-0.05, 0) is 31.2 Å². The number of rotatable bonds is 5. The van der Waals surface area contributed by atoms with Gasteiger partial charge in [-0.15, -0.1) is 0 Å². The van der Waals surface area contributed by atoms with Gasteiger partial charge in [-0.2, -0.15) is 0 Å². The van der Waals surface area contributed by atoms with Gasteiger partial charge in [-0.3, -0.25) is 4.79 Å². The molecule has 2 N–H and O–H groups in total. The van der Waals surface area contributed by atoms with Crippen molar-refractivity contribution in [1.82, 2.24) is 0 Å². The van der Waals surface area contributed by atoms with E-state index in [9.17, 15) is 4.79 Å². The molecule has 1 unspecified atom stereocenters. The van der Waals surface area contributed by atoms with Gasteiger partial charge in [0.25, 0.3) is 5.91 Å². The van der Waals surface area contributed by atoms with Gasteiger partial charge in [-0.1, -0.05) is 29.3 Å². The van der Waals surface area contributed by atoms with Gasteiger partial charge >= 0.3 is 0 Å². The standard InChI is InChI=1S/C18H18Cl2N2O3/c1-11(22(2)9-12-3-5-14(19)15(20)7-12)18(23)21-13-4-6-16-17(8-13)25-10-24-16/h3-8,11H,9-10H2,1-2H3,(H,21,23)/p+1/t11-/m0/s1. The highest BCUT2D eigenvalue weighted by atomic mass is 35.5. The fourth-order valence-corrected chi connectivity index (χ4v) is 2.89. The van der Waals surface area contributed by atoms with E-state index < -0.39 is 0 Å². The molecule has 5 nitrogen and oxygen atoms in total. The fourth-order valence-electron chi connectivity index (χ4n) is 2.57. The van der Waals surface area contributed by atoms with Crippen molar-refractivity contribution in [2.75, 3.05) is 19.2 Å². The monoisotopic (exact) mass is 381 g/mol. The van der Waals surface area contributed by atoms with Crippen LogP contribution in [0.15, 0.2) is 36.4 Å². The summed E-state index contributed by atoms with van der Waals surface area (Å²) in [5.74, 6) is 1.26. The van der Waals surface area contributed by atoms with Gasteiger partial charge in [0.2, 0.25) is 6.79 Å². The highest BCUT2D eigenvalue weighted by Gasteiger charge is 2.23. The number of nitrogens with one attached hydrogen (secondary N) is 2. The van der Waals surface area contributed by atoms with Gasteiger partial charge in [0, 0.05) is 17.3 Å². The summed E-state index contributed by atoms with van der Waals surface area (Å²) in [6, 6.07) is 10.6. The number of benzene rings is 2. The van der Waals surface area contributed by atoms with Crippen molar-refractivity contribution < 1.29 is 19.2 Å². The second-order valence-electron chi connectivity index (χ2n) is 6.05. The minimum Gasteiger partial charge on any atom is -0.454 e. The molecule has 1 amide bonds. The summed E-state index contributed by atoms with van der Waals surface area (Å²) >= 11 is 12.0. The third-order valence-electron chi connectivity index (χ3n) is 4.24. The van der Waals surface area contributed by atoms with Crippen molar-refractivity contribution >= 4 is 34.8 Å². The van der Waals surface area contributed by atoms with Crippen LogP contribution < -0.4 is 19.7 Å². The third kappa shape index (κ3) is 4.18. The predicted octanol–water partition coefficient (Wildman–Crippen LogP) is 2.76. The lowest BCUT2D eigenvalue weighted by Gasteiger charge is -2.21. The average molecular weight is 382 g/mol. The number of quaternary nitrogens is 1. The topological polar surface area (TPSA) is 52.0 Å². The number of carbonyl (C=O) groups is 1. The molecule has 0 saturated heterocycles. The predicted molar refractivity (Wildman–Crippen MR) is 97.7 cm³/mol. The molecule has 0 bridgehead atoms. The minimum absolute atomic E-state index is 0.0728. The summed E-state index contributed by atoms with van der Waals surface area (Å²) in [7, 11) is 1.96. The summed E-state index contributed by atoms with van der Waals surface area (Å²) in [6.45, 7) is 2.75. The Morgan fingerprint density at radius 2 is 1.92 bits per heavy atom. The Balaban J connectivity index is 1.62. The molecule has 0 saturated carbocycles. The largest absolute Gasteiger partial charge is 0.454 e. The molecule has 2 atom stereocenters. The zero-order chi connectivity index (χ0) is 18.0. The maximum Gasteiger partial charge on any atom is 0.282 e. The van der Waals surface area contributed by atoms with E-state index in [1.807, 2.05) is 26.1 Å². The van der Waals surface area contributed by atoms with Crippen molar-refractivity contribution in [2.45, 2.75) is 19.5 Å². The van der Waals surface area contributed by atoms with Crippen molar-refractivity contribution in [1.29, 1.82) is 0 Å². The van der Waals surface area contributed by atoms with Crippen LogP contribution in [0.25, 0.3) is 0 Å². The number of amides is 1. The summed E-state index contributed by atoms with van der Waals surface area (Å²) in [6.07, 6.45) is 0. The van der Waals surface area contributed by atoms with Gasteiger partial charge in [0.1, 0.15) is 6.54 Å². The highest BCUT2D eigenvalue weighted by molar-refractivity contribution is 6.42. The third-order valence-corrected chi connectivity index (χ3v) is 4.98.